The average molecular weight is 476 g/mol. The van der Waals surface area contributed by atoms with Gasteiger partial charge >= 0.3 is 6.18 Å². The van der Waals surface area contributed by atoms with Gasteiger partial charge in [0.05, 0.1) is 23.6 Å². The van der Waals surface area contributed by atoms with Gasteiger partial charge in [0.2, 0.25) is 0 Å². The predicted molar refractivity (Wildman–Crippen MR) is 125 cm³/mol. The van der Waals surface area contributed by atoms with Gasteiger partial charge in [-0.25, -0.2) is 9.37 Å². The molecular weight excluding hydrogens is 456 g/mol. The van der Waals surface area contributed by atoms with Crippen LogP contribution in [0.15, 0.2) is 85.1 Å². The van der Waals surface area contributed by atoms with Crippen molar-refractivity contribution in [3.05, 3.63) is 114 Å². The Labute approximate surface area is 198 Å². The monoisotopic (exact) mass is 476 g/mol. The van der Waals surface area contributed by atoms with E-state index in [1.54, 1.807) is 48.7 Å². The molecule has 0 saturated carbocycles. The van der Waals surface area contributed by atoms with E-state index in [1.807, 2.05) is 12.1 Å². The molecule has 0 amide bonds. The molecule has 0 aliphatic carbocycles. The van der Waals surface area contributed by atoms with E-state index in [9.17, 15) is 4.39 Å². The summed E-state index contributed by atoms with van der Waals surface area (Å²) < 4.78 is 58.8. The number of alkyl halides is 3. The summed E-state index contributed by atoms with van der Waals surface area (Å²) in [6, 6.07) is 20.2. The molecule has 5 aromatic rings. The second-order valence-corrected chi connectivity index (χ2v) is 8.73. The number of halogens is 4. The van der Waals surface area contributed by atoms with Crippen LogP contribution < -0.4 is 5.32 Å². The number of H-pyrrole nitrogens is 2. The maximum absolute atomic E-state index is 15.1. The van der Waals surface area contributed by atoms with E-state index >= 15 is 13.2 Å². The summed E-state index contributed by atoms with van der Waals surface area (Å²) in [5.41, 5.74) is 0.271. The summed E-state index contributed by atoms with van der Waals surface area (Å²) in [7, 11) is 0. The van der Waals surface area contributed by atoms with Crippen molar-refractivity contribution in [3.63, 3.8) is 0 Å². The van der Waals surface area contributed by atoms with Crippen LogP contribution in [0.3, 0.4) is 0 Å². The van der Waals surface area contributed by atoms with Crippen molar-refractivity contribution in [1.29, 1.82) is 0 Å². The normalized spacial score (nSPS) is 20.2. The fourth-order valence-electron chi connectivity index (χ4n) is 5.08. The molecule has 4 nitrogen and oxygen atoms in total. The lowest BCUT2D eigenvalue weighted by Crippen LogP contribution is -2.59. The Balaban J connectivity index is 1.54. The first-order chi connectivity index (χ1) is 16.9. The molecule has 0 radical (unpaired) electrons. The van der Waals surface area contributed by atoms with Crippen LogP contribution in [-0.4, -0.2) is 21.1 Å². The van der Waals surface area contributed by atoms with E-state index in [4.69, 9.17) is 0 Å². The Kier molecular flexibility index (Phi) is 4.82. The highest BCUT2D eigenvalue weighted by Crippen LogP contribution is 2.51. The zero-order chi connectivity index (χ0) is 24.2. The Morgan fingerprint density at radius 3 is 2.31 bits per heavy atom. The van der Waals surface area contributed by atoms with Gasteiger partial charge in [0.1, 0.15) is 11.6 Å². The van der Waals surface area contributed by atoms with E-state index in [2.05, 4.69) is 20.3 Å². The number of hydrogen-bond acceptors (Lipinski definition) is 2. The number of benzene rings is 3. The fourth-order valence-corrected chi connectivity index (χ4v) is 5.08. The highest BCUT2D eigenvalue weighted by Gasteiger charge is 2.61. The Morgan fingerprint density at radius 2 is 1.57 bits per heavy atom. The molecular formula is C27H20F4N4. The van der Waals surface area contributed by atoms with Crippen molar-refractivity contribution < 1.29 is 17.6 Å². The summed E-state index contributed by atoms with van der Waals surface area (Å²) >= 11 is 0. The number of imidazole rings is 1. The number of aromatic nitrogens is 3. The molecule has 0 saturated heterocycles. The number of aromatic amines is 2. The van der Waals surface area contributed by atoms with Crippen LogP contribution >= 0.6 is 0 Å². The van der Waals surface area contributed by atoms with Gasteiger partial charge in [-0.1, -0.05) is 48.5 Å². The average Bonchev–Trinajstić information content (AvgIpc) is 3.49. The number of rotatable bonds is 3. The number of nitrogens with one attached hydrogen (secondary N) is 3. The van der Waals surface area contributed by atoms with E-state index in [0.29, 0.717) is 34.6 Å². The number of para-hydroxylation sites is 1. The third-order valence-electron chi connectivity index (χ3n) is 6.70. The van der Waals surface area contributed by atoms with Crippen molar-refractivity contribution in [1.82, 2.24) is 20.3 Å². The lowest BCUT2D eigenvalue weighted by atomic mass is 9.78. The van der Waals surface area contributed by atoms with Gasteiger partial charge < -0.3 is 9.97 Å². The van der Waals surface area contributed by atoms with Gasteiger partial charge in [-0.15, -0.1) is 0 Å². The largest absolute Gasteiger partial charge is 0.416 e. The topological polar surface area (TPSA) is 56.5 Å². The van der Waals surface area contributed by atoms with Crippen molar-refractivity contribution in [2.45, 2.75) is 24.2 Å². The third kappa shape index (κ3) is 3.36. The predicted octanol–water partition coefficient (Wildman–Crippen LogP) is 6.39. The molecule has 3 heterocycles. The highest BCUT2D eigenvalue weighted by atomic mass is 19.4. The minimum absolute atomic E-state index is 0.0929. The van der Waals surface area contributed by atoms with Gasteiger partial charge in [0.25, 0.3) is 0 Å². The molecule has 3 aromatic carbocycles. The molecule has 176 valence electrons. The van der Waals surface area contributed by atoms with E-state index < -0.39 is 17.8 Å². The summed E-state index contributed by atoms with van der Waals surface area (Å²) in [6.07, 6.45) is -2.79. The molecule has 2 aromatic heterocycles. The maximum Gasteiger partial charge on any atom is 0.416 e. The first-order valence-electron chi connectivity index (χ1n) is 11.2. The minimum Gasteiger partial charge on any atom is -0.356 e. The molecule has 35 heavy (non-hydrogen) atoms. The second kappa shape index (κ2) is 7.81. The van der Waals surface area contributed by atoms with Crippen LogP contribution in [0.1, 0.15) is 28.7 Å². The van der Waals surface area contributed by atoms with Gasteiger partial charge in [0.15, 0.2) is 5.54 Å². The lowest BCUT2D eigenvalue weighted by Gasteiger charge is -2.43. The van der Waals surface area contributed by atoms with Crippen LogP contribution in [0.4, 0.5) is 17.6 Å². The maximum atomic E-state index is 15.1. The Hall–Kier alpha value is -3.91. The molecule has 1 aliphatic heterocycles. The van der Waals surface area contributed by atoms with Gasteiger partial charge in [-0.2, -0.15) is 13.2 Å². The molecule has 2 atom stereocenters. The first kappa shape index (κ1) is 21.6. The molecule has 3 N–H and O–H groups in total. The van der Waals surface area contributed by atoms with Crippen molar-refractivity contribution >= 4 is 10.9 Å². The van der Waals surface area contributed by atoms with E-state index in [0.717, 1.165) is 5.39 Å². The van der Waals surface area contributed by atoms with Crippen molar-refractivity contribution in [2.75, 3.05) is 0 Å². The number of hydrogen-bond donors (Lipinski definition) is 3. The number of nitrogens with zero attached hydrogens (tertiary/aromatic N) is 1. The Morgan fingerprint density at radius 1 is 0.857 bits per heavy atom. The molecule has 0 fully saturated rings. The smallest absolute Gasteiger partial charge is 0.356 e. The standard InChI is InChI=1S/C27H20F4N4/c28-18-12-10-16(11-13-18)23-15-32-25(34-23)22-14-20-19-8-4-5-9-21(19)33-24(20)26(35-22,27(29,30)31)17-6-2-1-3-7-17/h1-13,15,22,33,35H,14H2,(H,32,34)/t22-,26?/m1/s1. The van der Waals surface area contributed by atoms with Gasteiger partial charge in [0, 0.05) is 10.9 Å². The molecule has 8 heteroatoms. The summed E-state index contributed by atoms with van der Waals surface area (Å²) in [5, 5.41) is 3.67. The van der Waals surface area contributed by atoms with Gasteiger partial charge in [-0.05, 0) is 53.4 Å². The zero-order valence-electron chi connectivity index (χ0n) is 18.3. The van der Waals surface area contributed by atoms with E-state index in [-0.39, 0.29) is 17.1 Å². The molecule has 0 spiro atoms. The van der Waals surface area contributed by atoms with Crippen LogP contribution in [-0.2, 0) is 12.0 Å². The van der Waals surface area contributed by atoms with Crippen LogP contribution in [0.2, 0.25) is 0 Å². The van der Waals surface area contributed by atoms with Crippen molar-refractivity contribution in [3.8, 4) is 11.3 Å². The Bertz CT molecular complexity index is 1500. The van der Waals surface area contributed by atoms with Crippen LogP contribution in [0.25, 0.3) is 22.2 Å². The summed E-state index contributed by atoms with van der Waals surface area (Å²) in [4.78, 5) is 10.7. The van der Waals surface area contributed by atoms with E-state index in [1.165, 1.54) is 24.3 Å². The summed E-state index contributed by atoms with van der Waals surface area (Å²) in [5.74, 6) is 0.0111. The molecule has 1 unspecified atom stereocenters. The lowest BCUT2D eigenvalue weighted by molar-refractivity contribution is -0.193. The van der Waals surface area contributed by atoms with Crippen LogP contribution in [0.5, 0.6) is 0 Å². The number of fused-ring (bicyclic) bond motifs is 3. The first-order valence-corrected chi connectivity index (χ1v) is 11.2. The third-order valence-corrected chi connectivity index (χ3v) is 6.70. The zero-order valence-corrected chi connectivity index (χ0v) is 18.3. The quantitative estimate of drug-likeness (QED) is 0.264. The van der Waals surface area contributed by atoms with Crippen molar-refractivity contribution in [2.24, 2.45) is 0 Å². The fraction of sp³-hybridized carbons (Fsp3) is 0.148. The van der Waals surface area contributed by atoms with Gasteiger partial charge in [-0.3, -0.25) is 5.32 Å². The summed E-state index contributed by atoms with van der Waals surface area (Å²) in [6.45, 7) is 0. The molecule has 0 bridgehead atoms. The SMILES string of the molecule is Fc1ccc(-c2cnc([C@H]3Cc4c([nH]c5ccccc45)C(c4ccccc4)(C(F)(F)F)N3)[nH]2)cc1. The molecule has 1 aliphatic rings. The second-order valence-electron chi connectivity index (χ2n) is 8.73. The molecule has 6 rings (SSSR count). The minimum atomic E-state index is -4.66. The highest BCUT2D eigenvalue weighted by molar-refractivity contribution is 5.86. The van der Waals surface area contributed by atoms with Crippen LogP contribution in [0, 0.1) is 5.82 Å².